The monoisotopic (exact) mass is 231 g/mol. The first-order chi connectivity index (χ1) is 8.33. The van der Waals surface area contributed by atoms with Crippen molar-refractivity contribution in [3.63, 3.8) is 0 Å². The Hall–Kier alpha value is -0.820. The highest BCUT2D eigenvalue weighted by molar-refractivity contribution is 5.26. The van der Waals surface area contributed by atoms with Gasteiger partial charge in [-0.25, -0.2) is 0 Å². The van der Waals surface area contributed by atoms with Crippen molar-refractivity contribution < 1.29 is 0 Å². The SMILES string of the molecule is CCCc1cccc(C(CC2CC2)NCC)c1. The lowest BCUT2D eigenvalue weighted by Gasteiger charge is -2.19. The highest BCUT2D eigenvalue weighted by Gasteiger charge is 2.25. The van der Waals surface area contributed by atoms with Crippen LogP contribution in [0.1, 0.15) is 56.7 Å². The van der Waals surface area contributed by atoms with Crippen LogP contribution in [-0.2, 0) is 6.42 Å². The Bertz CT molecular complexity index is 341. The fourth-order valence-corrected chi connectivity index (χ4v) is 2.52. The summed E-state index contributed by atoms with van der Waals surface area (Å²) < 4.78 is 0. The summed E-state index contributed by atoms with van der Waals surface area (Å²) >= 11 is 0. The molecule has 1 aliphatic rings. The van der Waals surface area contributed by atoms with Crippen molar-refractivity contribution in [3.8, 4) is 0 Å². The highest BCUT2D eigenvalue weighted by atomic mass is 14.9. The average molecular weight is 231 g/mol. The Kier molecular flexibility index (Phi) is 4.61. The molecule has 1 unspecified atom stereocenters. The van der Waals surface area contributed by atoms with Crippen molar-refractivity contribution in [1.29, 1.82) is 0 Å². The van der Waals surface area contributed by atoms with Crippen molar-refractivity contribution in [2.75, 3.05) is 6.54 Å². The van der Waals surface area contributed by atoms with Crippen LogP contribution in [0.15, 0.2) is 24.3 Å². The van der Waals surface area contributed by atoms with E-state index in [0.29, 0.717) is 6.04 Å². The lowest BCUT2D eigenvalue weighted by atomic mass is 9.98. The predicted molar refractivity (Wildman–Crippen MR) is 74.2 cm³/mol. The minimum atomic E-state index is 0.573. The summed E-state index contributed by atoms with van der Waals surface area (Å²) in [5.74, 6) is 0.980. The quantitative estimate of drug-likeness (QED) is 0.745. The number of aryl methyl sites for hydroxylation is 1. The van der Waals surface area contributed by atoms with Crippen molar-refractivity contribution in [2.24, 2.45) is 5.92 Å². The van der Waals surface area contributed by atoms with Crippen LogP contribution in [-0.4, -0.2) is 6.54 Å². The van der Waals surface area contributed by atoms with E-state index in [-0.39, 0.29) is 0 Å². The van der Waals surface area contributed by atoms with Gasteiger partial charge in [0.15, 0.2) is 0 Å². The Balaban J connectivity index is 2.06. The second-order valence-corrected chi connectivity index (χ2v) is 5.28. The van der Waals surface area contributed by atoms with Gasteiger partial charge in [0.05, 0.1) is 0 Å². The summed E-state index contributed by atoms with van der Waals surface area (Å²) in [5.41, 5.74) is 2.98. The van der Waals surface area contributed by atoms with Crippen LogP contribution in [0.25, 0.3) is 0 Å². The molecule has 0 amide bonds. The van der Waals surface area contributed by atoms with Crippen molar-refractivity contribution in [1.82, 2.24) is 5.32 Å². The molecule has 1 aliphatic carbocycles. The maximum Gasteiger partial charge on any atom is 0.0322 e. The van der Waals surface area contributed by atoms with Crippen LogP contribution in [0, 0.1) is 5.92 Å². The van der Waals surface area contributed by atoms with Crippen molar-refractivity contribution >= 4 is 0 Å². The van der Waals surface area contributed by atoms with E-state index in [0.717, 1.165) is 12.5 Å². The van der Waals surface area contributed by atoms with E-state index < -0.39 is 0 Å². The van der Waals surface area contributed by atoms with Crippen LogP contribution in [0.4, 0.5) is 0 Å². The van der Waals surface area contributed by atoms with E-state index in [1.807, 2.05) is 0 Å². The molecule has 0 saturated heterocycles. The standard InChI is InChI=1S/C16H25N/c1-3-6-13-7-5-8-15(11-13)16(17-4-2)12-14-9-10-14/h5,7-8,11,14,16-17H,3-4,6,9-10,12H2,1-2H3. The molecular formula is C16H25N. The molecule has 1 aromatic rings. The van der Waals surface area contributed by atoms with E-state index in [2.05, 4.69) is 43.4 Å². The van der Waals surface area contributed by atoms with E-state index in [1.54, 1.807) is 0 Å². The predicted octanol–water partition coefficient (Wildman–Crippen LogP) is 4.09. The first kappa shape index (κ1) is 12.6. The second kappa shape index (κ2) is 6.20. The molecule has 2 rings (SSSR count). The van der Waals surface area contributed by atoms with Gasteiger partial charge in [-0.2, -0.15) is 0 Å². The van der Waals surface area contributed by atoms with Gasteiger partial charge < -0.3 is 5.32 Å². The maximum absolute atomic E-state index is 3.64. The van der Waals surface area contributed by atoms with Crippen LogP contribution in [0.2, 0.25) is 0 Å². The zero-order valence-electron chi connectivity index (χ0n) is 11.2. The molecule has 1 N–H and O–H groups in total. The topological polar surface area (TPSA) is 12.0 Å². The Morgan fingerprint density at radius 2 is 2.12 bits per heavy atom. The molecule has 0 spiro atoms. The molecule has 0 aliphatic heterocycles. The number of hydrogen-bond acceptors (Lipinski definition) is 1. The van der Waals surface area contributed by atoms with Crippen LogP contribution in [0.5, 0.6) is 0 Å². The first-order valence-electron chi connectivity index (χ1n) is 7.15. The fourth-order valence-electron chi connectivity index (χ4n) is 2.52. The van der Waals surface area contributed by atoms with Crippen molar-refractivity contribution in [3.05, 3.63) is 35.4 Å². The van der Waals surface area contributed by atoms with E-state index in [4.69, 9.17) is 0 Å². The number of rotatable bonds is 7. The summed E-state index contributed by atoms with van der Waals surface area (Å²) in [6, 6.07) is 9.74. The number of benzene rings is 1. The molecule has 1 atom stereocenters. The van der Waals surface area contributed by atoms with Crippen LogP contribution >= 0.6 is 0 Å². The van der Waals surface area contributed by atoms with Crippen LogP contribution in [0.3, 0.4) is 0 Å². The number of hydrogen-bond donors (Lipinski definition) is 1. The third-order valence-electron chi connectivity index (χ3n) is 3.61. The van der Waals surface area contributed by atoms with E-state index >= 15 is 0 Å². The third kappa shape index (κ3) is 3.85. The Morgan fingerprint density at radius 1 is 1.29 bits per heavy atom. The molecule has 1 saturated carbocycles. The lowest BCUT2D eigenvalue weighted by Crippen LogP contribution is -2.21. The minimum Gasteiger partial charge on any atom is -0.310 e. The largest absolute Gasteiger partial charge is 0.310 e. The van der Waals surface area contributed by atoms with Crippen LogP contribution < -0.4 is 5.32 Å². The summed E-state index contributed by atoms with van der Waals surface area (Å²) in [6.45, 7) is 5.52. The molecule has 1 heteroatoms. The lowest BCUT2D eigenvalue weighted by molar-refractivity contribution is 0.486. The van der Waals surface area contributed by atoms with Gasteiger partial charge in [-0.1, -0.05) is 57.4 Å². The molecule has 1 fully saturated rings. The Labute approximate surface area is 106 Å². The van der Waals surface area contributed by atoms with Gasteiger partial charge in [-0.15, -0.1) is 0 Å². The zero-order chi connectivity index (χ0) is 12.1. The molecule has 17 heavy (non-hydrogen) atoms. The third-order valence-corrected chi connectivity index (χ3v) is 3.61. The first-order valence-corrected chi connectivity index (χ1v) is 7.15. The molecule has 1 aromatic carbocycles. The highest BCUT2D eigenvalue weighted by Crippen LogP contribution is 2.37. The second-order valence-electron chi connectivity index (χ2n) is 5.28. The summed E-state index contributed by atoms with van der Waals surface area (Å²) in [5, 5.41) is 3.64. The van der Waals surface area contributed by atoms with Gasteiger partial charge in [-0.3, -0.25) is 0 Å². The number of nitrogens with one attached hydrogen (secondary N) is 1. The summed E-state index contributed by atoms with van der Waals surface area (Å²) in [6.07, 6.45) is 6.64. The van der Waals surface area contributed by atoms with E-state index in [1.165, 1.54) is 43.2 Å². The molecule has 0 bridgehead atoms. The maximum atomic E-state index is 3.64. The van der Waals surface area contributed by atoms with Gasteiger partial charge in [0, 0.05) is 6.04 Å². The Morgan fingerprint density at radius 3 is 2.76 bits per heavy atom. The molecule has 0 aromatic heterocycles. The van der Waals surface area contributed by atoms with Crippen molar-refractivity contribution in [2.45, 2.75) is 52.0 Å². The average Bonchev–Trinajstić information content (AvgIpc) is 3.13. The van der Waals surface area contributed by atoms with Gasteiger partial charge >= 0.3 is 0 Å². The fraction of sp³-hybridized carbons (Fsp3) is 0.625. The molecule has 0 heterocycles. The normalized spacial score (nSPS) is 17.1. The van der Waals surface area contributed by atoms with Gasteiger partial charge in [0.2, 0.25) is 0 Å². The molecule has 0 radical (unpaired) electrons. The molecule has 1 nitrogen and oxygen atoms in total. The molecule has 94 valence electrons. The smallest absolute Gasteiger partial charge is 0.0322 e. The summed E-state index contributed by atoms with van der Waals surface area (Å²) in [4.78, 5) is 0. The zero-order valence-corrected chi connectivity index (χ0v) is 11.2. The molecular weight excluding hydrogens is 206 g/mol. The van der Waals surface area contributed by atoms with Gasteiger partial charge in [0.1, 0.15) is 0 Å². The van der Waals surface area contributed by atoms with Gasteiger partial charge in [0.25, 0.3) is 0 Å². The minimum absolute atomic E-state index is 0.573. The van der Waals surface area contributed by atoms with Gasteiger partial charge in [-0.05, 0) is 36.4 Å². The van der Waals surface area contributed by atoms with E-state index in [9.17, 15) is 0 Å². The summed E-state index contributed by atoms with van der Waals surface area (Å²) in [7, 11) is 0.